The van der Waals surface area contributed by atoms with Gasteiger partial charge in [0.15, 0.2) is 5.82 Å². The molecular weight excluding hydrogens is 463 g/mol. The highest BCUT2D eigenvalue weighted by Gasteiger charge is 2.21. The summed E-state index contributed by atoms with van der Waals surface area (Å²) in [6.45, 7) is 3.87. The second kappa shape index (κ2) is 8.61. The van der Waals surface area contributed by atoms with Crippen molar-refractivity contribution in [1.29, 1.82) is 0 Å². The van der Waals surface area contributed by atoms with E-state index in [1.54, 1.807) is 42.1 Å². The molecule has 3 aromatic heterocycles. The van der Waals surface area contributed by atoms with E-state index in [0.29, 0.717) is 38.2 Å². The number of rotatable bonds is 7. The highest BCUT2D eigenvalue weighted by atomic mass is 35.5. The summed E-state index contributed by atoms with van der Waals surface area (Å²) in [6, 6.07) is 6.85. The van der Waals surface area contributed by atoms with E-state index in [-0.39, 0.29) is 11.7 Å². The fourth-order valence-corrected chi connectivity index (χ4v) is 4.20. The van der Waals surface area contributed by atoms with Crippen LogP contribution in [0, 0.1) is 17.0 Å². The Kier molecular flexibility index (Phi) is 5.90. The third kappa shape index (κ3) is 4.53. The molecule has 4 rings (SSSR count). The van der Waals surface area contributed by atoms with Crippen molar-refractivity contribution in [1.82, 2.24) is 29.8 Å². The predicted octanol–water partition coefficient (Wildman–Crippen LogP) is 4.86. The van der Waals surface area contributed by atoms with Crippen LogP contribution in [-0.2, 0) is 6.54 Å². The van der Waals surface area contributed by atoms with Gasteiger partial charge in [-0.3, -0.25) is 19.5 Å². The van der Waals surface area contributed by atoms with Crippen molar-refractivity contribution in [3.63, 3.8) is 0 Å². The minimum absolute atomic E-state index is 0.0288. The number of hydrogen-bond acceptors (Lipinski definition) is 8. The Balaban J connectivity index is 1.46. The average Bonchev–Trinajstić information content (AvgIpc) is 3.45. The van der Waals surface area contributed by atoms with Crippen molar-refractivity contribution in [3.8, 4) is 0 Å². The maximum Gasteiger partial charge on any atom is 0.309 e. The first-order valence-electron chi connectivity index (χ1n) is 9.08. The van der Waals surface area contributed by atoms with E-state index in [1.165, 1.54) is 22.2 Å². The summed E-state index contributed by atoms with van der Waals surface area (Å²) in [5.41, 5.74) is 1.11. The van der Waals surface area contributed by atoms with Crippen LogP contribution in [0.3, 0.4) is 0 Å². The Bertz CT molecular complexity index is 1230. The molecule has 0 radical (unpaired) electrons. The third-order valence-electron chi connectivity index (χ3n) is 4.54. The molecule has 1 atom stereocenters. The number of nitro groups is 1. The van der Waals surface area contributed by atoms with Crippen LogP contribution >= 0.6 is 34.5 Å². The van der Waals surface area contributed by atoms with Gasteiger partial charge in [-0.15, -0.1) is 10.2 Å². The standard InChI is InChI=1S/C18H16Cl2N8O2S/c1-10-15(28(29)30)9-27(24-10)11(2)17-22-23-18(31-17)21-16-6-7-26(25-16)8-12-13(19)4-3-5-14(12)20/h3-7,9,11H,8H2,1-2H3,(H,21,23,25). The van der Waals surface area contributed by atoms with Gasteiger partial charge in [0.05, 0.1) is 11.5 Å². The minimum Gasteiger partial charge on any atom is -0.313 e. The molecule has 0 saturated heterocycles. The Morgan fingerprint density at radius 1 is 1.23 bits per heavy atom. The maximum absolute atomic E-state index is 11.0. The zero-order valence-electron chi connectivity index (χ0n) is 16.4. The molecule has 0 spiro atoms. The molecular formula is C18H16Cl2N8O2S. The smallest absolute Gasteiger partial charge is 0.309 e. The lowest BCUT2D eigenvalue weighted by Gasteiger charge is -2.07. The summed E-state index contributed by atoms with van der Waals surface area (Å²) < 4.78 is 3.23. The van der Waals surface area contributed by atoms with Crippen molar-refractivity contribution in [2.24, 2.45) is 0 Å². The van der Waals surface area contributed by atoms with Crippen LogP contribution in [0.2, 0.25) is 10.0 Å². The number of benzene rings is 1. The van der Waals surface area contributed by atoms with Crippen molar-refractivity contribution >= 4 is 51.2 Å². The Hall–Kier alpha value is -3.02. The van der Waals surface area contributed by atoms with Gasteiger partial charge in [-0.25, -0.2) is 0 Å². The Labute approximate surface area is 190 Å². The number of hydrogen-bond donors (Lipinski definition) is 1. The van der Waals surface area contributed by atoms with Gasteiger partial charge >= 0.3 is 5.69 Å². The van der Waals surface area contributed by atoms with E-state index < -0.39 is 4.92 Å². The fraction of sp³-hybridized carbons (Fsp3) is 0.222. The summed E-state index contributed by atoms with van der Waals surface area (Å²) in [6.07, 6.45) is 3.20. The molecule has 1 aromatic carbocycles. The zero-order valence-corrected chi connectivity index (χ0v) is 18.7. The molecule has 1 unspecified atom stereocenters. The first-order chi connectivity index (χ1) is 14.8. The molecule has 0 saturated carbocycles. The predicted molar refractivity (Wildman–Crippen MR) is 118 cm³/mol. The van der Waals surface area contributed by atoms with Gasteiger partial charge in [0, 0.05) is 27.9 Å². The minimum atomic E-state index is -0.454. The normalized spacial score (nSPS) is 12.1. The molecule has 1 N–H and O–H groups in total. The maximum atomic E-state index is 11.0. The lowest BCUT2D eigenvalue weighted by molar-refractivity contribution is -0.385. The molecule has 0 amide bonds. The van der Waals surface area contributed by atoms with Crippen LogP contribution in [0.4, 0.5) is 16.6 Å². The molecule has 0 fully saturated rings. The monoisotopic (exact) mass is 478 g/mol. The SMILES string of the molecule is Cc1nn(C(C)c2nnc(Nc3ccn(Cc4c(Cl)cccc4Cl)n3)s2)cc1[N+](=O)[O-]. The van der Waals surface area contributed by atoms with Gasteiger partial charge in [0.1, 0.15) is 22.9 Å². The van der Waals surface area contributed by atoms with Crippen LogP contribution < -0.4 is 5.32 Å². The van der Waals surface area contributed by atoms with E-state index in [2.05, 4.69) is 25.7 Å². The lowest BCUT2D eigenvalue weighted by atomic mass is 10.2. The number of anilines is 2. The van der Waals surface area contributed by atoms with Gasteiger partial charge in [-0.2, -0.15) is 10.2 Å². The molecule has 3 heterocycles. The molecule has 13 heteroatoms. The van der Waals surface area contributed by atoms with Crippen molar-refractivity contribution < 1.29 is 4.92 Å². The van der Waals surface area contributed by atoms with Crippen LogP contribution in [0.1, 0.15) is 29.2 Å². The highest BCUT2D eigenvalue weighted by molar-refractivity contribution is 7.15. The molecule has 0 aliphatic carbocycles. The number of aryl methyl sites for hydroxylation is 1. The lowest BCUT2D eigenvalue weighted by Crippen LogP contribution is -2.07. The number of aromatic nitrogens is 6. The molecule has 31 heavy (non-hydrogen) atoms. The second-order valence-electron chi connectivity index (χ2n) is 6.68. The van der Waals surface area contributed by atoms with Gasteiger partial charge in [0.2, 0.25) is 5.13 Å². The first-order valence-corrected chi connectivity index (χ1v) is 10.7. The Morgan fingerprint density at radius 3 is 2.65 bits per heavy atom. The van der Waals surface area contributed by atoms with E-state index >= 15 is 0 Å². The second-order valence-corrected chi connectivity index (χ2v) is 8.51. The number of nitrogens with one attached hydrogen (secondary N) is 1. The van der Waals surface area contributed by atoms with Crippen molar-refractivity contribution in [2.45, 2.75) is 26.4 Å². The van der Waals surface area contributed by atoms with Crippen molar-refractivity contribution in [3.05, 3.63) is 73.1 Å². The van der Waals surface area contributed by atoms with Crippen LogP contribution in [-0.4, -0.2) is 34.7 Å². The summed E-state index contributed by atoms with van der Waals surface area (Å²) in [5, 5.41) is 33.5. The molecule has 0 aliphatic rings. The number of nitrogens with zero attached hydrogens (tertiary/aromatic N) is 7. The van der Waals surface area contributed by atoms with E-state index in [1.807, 2.05) is 6.92 Å². The highest BCUT2D eigenvalue weighted by Crippen LogP contribution is 2.29. The quantitative estimate of drug-likeness (QED) is 0.297. The molecule has 10 nitrogen and oxygen atoms in total. The van der Waals surface area contributed by atoms with Gasteiger partial charge in [-0.05, 0) is 26.0 Å². The summed E-state index contributed by atoms with van der Waals surface area (Å²) in [7, 11) is 0. The Morgan fingerprint density at radius 2 is 1.97 bits per heavy atom. The van der Waals surface area contributed by atoms with E-state index in [4.69, 9.17) is 23.2 Å². The number of halogens is 2. The molecule has 4 aromatic rings. The van der Waals surface area contributed by atoms with E-state index in [0.717, 1.165) is 5.56 Å². The van der Waals surface area contributed by atoms with Crippen LogP contribution in [0.15, 0.2) is 36.7 Å². The van der Waals surface area contributed by atoms with Gasteiger partial charge in [-0.1, -0.05) is 40.6 Å². The molecule has 160 valence electrons. The van der Waals surface area contributed by atoms with E-state index in [9.17, 15) is 10.1 Å². The average molecular weight is 479 g/mol. The van der Waals surface area contributed by atoms with Gasteiger partial charge in [0.25, 0.3) is 0 Å². The first kappa shape index (κ1) is 21.2. The summed E-state index contributed by atoms with van der Waals surface area (Å²) in [4.78, 5) is 10.6. The fourth-order valence-electron chi connectivity index (χ4n) is 2.89. The topological polar surface area (TPSA) is 117 Å². The zero-order chi connectivity index (χ0) is 22.1. The summed E-state index contributed by atoms with van der Waals surface area (Å²) in [5.74, 6) is 0.587. The molecule has 0 bridgehead atoms. The summed E-state index contributed by atoms with van der Waals surface area (Å²) >= 11 is 13.8. The van der Waals surface area contributed by atoms with Crippen LogP contribution in [0.5, 0.6) is 0 Å². The molecule has 0 aliphatic heterocycles. The van der Waals surface area contributed by atoms with Crippen molar-refractivity contribution in [2.75, 3.05) is 5.32 Å². The largest absolute Gasteiger partial charge is 0.313 e. The van der Waals surface area contributed by atoms with Crippen LogP contribution in [0.25, 0.3) is 0 Å². The van der Waals surface area contributed by atoms with Gasteiger partial charge < -0.3 is 5.32 Å². The third-order valence-corrected chi connectivity index (χ3v) is 6.26.